The highest BCUT2D eigenvalue weighted by atomic mass is 19.4. The van der Waals surface area contributed by atoms with Gasteiger partial charge in [0.1, 0.15) is 5.75 Å². The van der Waals surface area contributed by atoms with Crippen molar-refractivity contribution in [3.8, 4) is 5.75 Å². The minimum Gasteiger partial charge on any atom is -0.406 e. The topological polar surface area (TPSA) is 56.2 Å². The van der Waals surface area contributed by atoms with E-state index in [0.29, 0.717) is 18.1 Å². The Balaban J connectivity index is 1.71. The van der Waals surface area contributed by atoms with Crippen LogP contribution in [0.15, 0.2) is 48.5 Å². The Morgan fingerprint density at radius 2 is 1.85 bits per heavy atom. The molecule has 1 heterocycles. The van der Waals surface area contributed by atoms with Gasteiger partial charge in [-0.15, -0.1) is 13.2 Å². The number of ether oxygens (including phenoxy) is 1. The van der Waals surface area contributed by atoms with Crippen LogP contribution in [0.1, 0.15) is 18.9 Å². The number of alkyl halides is 3. The number of carbonyl (C=O) groups excluding carboxylic acids is 1. The minimum atomic E-state index is -4.74. The van der Waals surface area contributed by atoms with Crippen molar-refractivity contribution in [3.05, 3.63) is 54.1 Å². The molecule has 2 aromatic carbocycles. The van der Waals surface area contributed by atoms with Crippen LogP contribution in [0.5, 0.6) is 5.75 Å². The fourth-order valence-corrected chi connectivity index (χ4v) is 2.78. The summed E-state index contributed by atoms with van der Waals surface area (Å²) in [5, 5.41) is 2.79. The first-order valence-corrected chi connectivity index (χ1v) is 8.45. The number of aromatic nitrogens is 2. The third kappa shape index (κ3) is 4.78. The van der Waals surface area contributed by atoms with Crippen LogP contribution in [0.4, 0.5) is 19.1 Å². The molecule has 1 amide bonds. The van der Waals surface area contributed by atoms with Crippen molar-refractivity contribution in [1.82, 2.24) is 9.55 Å². The molecule has 1 aromatic heterocycles. The van der Waals surface area contributed by atoms with Gasteiger partial charge >= 0.3 is 6.36 Å². The molecule has 0 aliphatic rings. The molecule has 3 rings (SSSR count). The SMILES string of the molecule is CCCn1c(NC(=O)Cc2ccc(OC(F)(F)F)cc2)nc2ccccc21. The molecule has 3 aromatic rings. The zero-order chi connectivity index (χ0) is 19.4. The predicted molar refractivity (Wildman–Crippen MR) is 95.5 cm³/mol. The average molecular weight is 377 g/mol. The summed E-state index contributed by atoms with van der Waals surface area (Å²) in [6.07, 6.45) is -3.84. The highest BCUT2D eigenvalue weighted by molar-refractivity contribution is 5.92. The van der Waals surface area contributed by atoms with Crippen LogP contribution in [0, 0.1) is 0 Å². The molecule has 8 heteroatoms. The molecule has 5 nitrogen and oxygen atoms in total. The third-order valence-electron chi connectivity index (χ3n) is 3.87. The van der Waals surface area contributed by atoms with E-state index in [-0.39, 0.29) is 18.1 Å². The van der Waals surface area contributed by atoms with E-state index in [4.69, 9.17) is 0 Å². The van der Waals surface area contributed by atoms with Crippen molar-refractivity contribution in [2.45, 2.75) is 32.7 Å². The summed E-state index contributed by atoms with van der Waals surface area (Å²) >= 11 is 0. The molecule has 0 unspecified atom stereocenters. The highest BCUT2D eigenvalue weighted by Crippen LogP contribution is 2.23. The smallest absolute Gasteiger partial charge is 0.406 e. The van der Waals surface area contributed by atoms with Crippen LogP contribution in [0.2, 0.25) is 0 Å². The Morgan fingerprint density at radius 1 is 1.15 bits per heavy atom. The molecule has 1 N–H and O–H groups in total. The Morgan fingerprint density at radius 3 is 2.52 bits per heavy atom. The number of carbonyl (C=O) groups is 1. The molecular formula is C19H18F3N3O2. The number of aryl methyl sites for hydroxylation is 1. The number of benzene rings is 2. The number of para-hydroxylation sites is 2. The molecule has 0 spiro atoms. The number of hydrogen-bond acceptors (Lipinski definition) is 3. The number of rotatable bonds is 6. The highest BCUT2D eigenvalue weighted by Gasteiger charge is 2.30. The van der Waals surface area contributed by atoms with E-state index in [1.54, 1.807) is 0 Å². The number of imidazole rings is 1. The van der Waals surface area contributed by atoms with Crippen molar-refractivity contribution in [2.75, 3.05) is 5.32 Å². The van der Waals surface area contributed by atoms with E-state index in [0.717, 1.165) is 17.5 Å². The number of nitrogens with one attached hydrogen (secondary N) is 1. The molecule has 142 valence electrons. The molecular weight excluding hydrogens is 359 g/mol. The third-order valence-corrected chi connectivity index (χ3v) is 3.87. The Bertz CT molecular complexity index is 934. The van der Waals surface area contributed by atoms with Crippen LogP contribution in [-0.2, 0) is 17.8 Å². The standard InChI is InChI=1S/C19H18F3N3O2/c1-2-11-25-16-6-4-3-5-15(16)23-18(25)24-17(26)12-13-7-9-14(10-8-13)27-19(20,21)22/h3-10H,2,11-12H2,1H3,(H,23,24,26). The summed E-state index contributed by atoms with van der Waals surface area (Å²) in [4.78, 5) is 16.8. The lowest BCUT2D eigenvalue weighted by atomic mass is 10.1. The second-order valence-corrected chi connectivity index (χ2v) is 5.99. The molecule has 27 heavy (non-hydrogen) atoms. The van der Waals surface area contributed by atoms with Gasteiger partial charge in [0.2, 0.25) is 11.9 Å². The maximum atomic E-state index is 12.4. The van der Waals surface area contributed by atoms with Crippen LogP contribution in [0.3, 0.4) is 0 Å². The number of amides is 1. The first-order chi connectivity index (χ1) is 12.9. The predicted octanol–water partition coefficient (Wildman–Crippen LogP) is 4.53. The van der Waals surface area contributed by atoms with Gasteiger partial charge in [0.25, 0.3) is 0 Å². The second kappa shape index (κ2) is 7.69. The maximum absolute atomic E-state index is 12.4. The second-order valence-electron chi connectivity index (χ2n) is 5.99. The number of hydrogen-bond donors (Lipinski definition) is 1. The molecule has 0 aliphatic heterocycles. The van der Waals surface area contributed by atoms with Gasteiger partial charge in [0, 0.05) is 6.54 Å². The largest absolute Gasteiger partial charge is 0.573 e. The summed E-state index contributed by atoms with van der Waals surface area (Å²) < 4.78 is 42.3. The van der Waals surface area contributed by atoms with E-state index < -0.39 is 6.36 Å². The number of anilines is 1. The summed E-state index contributed by atoms with van der Waals surface area (Å²) in [6, 6.07) is 12.8. The van der Waals surface area contributed by atoms with Crippen LogP contribution in [-0.4, -0.2) is 21.8 Å². The fraction of sp³-hybridized carbons (Fsp3) is 0.263. The van der Waals surface area contributed by atoms with Gasteiger partial charge in [-0.3, -0.25) is 10.1 Å². The van der Waals surface area contributed by atoms with E-state index in [2.05, 4.69) is 15.0 Å². The van der Waals surface area contributed by atoms with E-state index in [1.165, 1.54) is 24.3 Å². The molecule has 0 atom stereocenters. The van der Waals surface area contributed by atoms with E-state index in [9.17, 15) is 18.0 Å². The Labute approximate surface area is 153 Å². The molecule has 0 fully saturated rings. The van der Waals surface area contributed by atoms with E-state index >= 15 is 0 Å². The minimum absolute atomic E-state index is 0.0155. The van der Waals surface area contributed by atoms with Gasteiger partial charge in [-0.1, -0.05) is 31.2 Å². The lowest BCUT2D eigenvalue weighted by molar-refractivity contribution is -0.274. The van der Waals surface area contributed by atoms with Crippen LogP contribution in [0.25, 0.3) is 11.0 Å². The summed E-state index contributed by atoms with van der Waals surface area (Å²) in [7, 11) is 0. The van der Waals surface area contributed by atoms with Crippen molar-refractivity contribution >= 4 is 22.9 Å². The number of fused-ring (bicyclic) bond motifs is 1. The van der Waals surface area contributed by atoms with Gasteiger partial charge < -0.3 is 9.30 Å². The van der Waals surface area contributed by atoms with Crippen molar-refractivity contribution in [2.24, 2.45) is 0 Å². The van der Waals surface area contributed by atoms with Gasteiger partial charge in [0.05, 0.1) is 17.5 Å². The van der Waals surface area contributed by atoms with Gasteiger partial charge in [-0.2, -0.15) is 0 Å². The van der Waals surface area contributed by atoms with Crippen LogP contribution < -0.4 is 10.1 Å². The molecule has 0 saturated carbocycles. The number of nitrogens with zero attached hydrogens (tertiary/aromatic N) is 2. The van der Waals surface area contributed by atoms with E-state index in [1.807, 2.05) is 35.8 Å². The van der Waals surface area contributed by atoms with Gasteiger partial charge in [-0.25, -0.2) is 4.98 Å². The first-order valence-electron chi connectivity index (χ1n) is 8.45. The Kier molecular flexibility index (Phi) is 5.34. The maximum Gasteiger partial charge on any atom is 0.573 e. The van der Waals surface area contributed by atoms with Crippen molar-refractivity contribution < 1.29 is 22.7 Å². The fourth-order valence-electron chi connectivity index (χ4n) is 2.78. The normalized spacial score (nSPS) is 11.6. The molecule has 0 saturated heterocycles. The summed E-state index contributed by atoms with van der Waals surface area (Å²) in [6.45, 7) is 2.74. The average Bonchev–Trinajstić information content (AvgIpc) is 2.93. The Hall–Kier alpha value is -3.03. The molecule has 0 aliphatic carbocycles. The monoisotopic (exact) mass is 377 g/mol. The molecule has 0 radical (unpaired) electrons. The zero-order valence-corrected chi connectivity index (χ0v) is 14.6. The lowest BCUT2D eigenvalue weighted by Crippen LogP contribution is -2.18. The van der Waals surface area contributed by atoms with Crippen LogP contribution >= 0.6 is 0 Å². The van der Waals surface area contributed by atoms with Gasteiger partial charge in [0.15, 0.2) is 0 Å². The summed E-state index contributed by atoms with van der Waals surface area (Å²) in [5.41, 5.74) is 2.29. The van der Waals surface area contributed by atoms with Crippen molar-refractivity contribution in [3.63, 3.8) is 0 Å². The first kappa shape index (κ1) is 18.8. The summed E-state index contributed by atoms with van der Waals surface area (Å²) in [5.74, 6) is -0.163. The lowest BCUT2D eigenvalue weighted by Gasteiger charge is -2.10. The van der Waals surface area contributed by atoms with Gasteiger partial charge in [-0.05, 0) is 36.2 Å². The molecule has 0 bridgehead atoms. The number of halogens is 3. The quantitative estimate of drug-likeness (QED) is 0.687. The van der Waals surface area contributed by atoms with Crippen molar-refractivity contribution in [1.29, 1.82) is 0 Å². The zero-order valence-electron chi connectivity index (χ0n) is 14.6.